The number of rotatable bonds is 16. The normalized spacial score (nSPS) is 13.3. The Balaban J connectivity index is 1.66. The molecule has 3 amide bonds. The summed E-state index contributed by atoms with van der Waals surface area (Å²) >= 11 is 0. The summed E-state index contributed by atoms with van der Waals surface area (Å²) in [6.45, 7) is 10.1. The second kappa shape index (κ2) is 19.7. The van der Waals surface area contributed by atoms with E-state index in [1.807, 2.05) is 30.3 Å². The van der Waals surface area contributed by atoms with Crippen LogP contribution in [-0.2, 0) is 32.1 Å². The number of fused-ring (bicyclic) bond motifs is 1. The van der Waals surface area contributed by atoms with E-state index in [4.69, 9.17) is 14.2 Å². The van der Waals surface area contributed by atoms with Gasteiger partial charge in [0.2, 0.25) is 11.8 Å². The lowest BCUT2D eigenvalue weighted by atomic mass is 10.00. The molecule has 1 aromatic heterocycles. The third-order valence-electron chi connectivity index (χ3n) is 9.20. The number of aromatic nitrogens is 1. The summed E-state index contributed by atoms with van der Waals surface area (Å²) in [6, 6.07) is 18.9. The average Bonchev–Trinajstić information content (AvgIpc) is 3.15. The largest absolute Gasteiger partial charge is 0.491 e. The predicted octanol–water partition coefficient (Wildman–Crippen LogP) is 8.07. The standard InChI is InChI=1S/C44H53F3N4O7/c1-28(2)21-35(51(8)42(55)58-43(4,5)6)40(53)50(7)36(24-44(45,46)47)39(52)49-33(23-30-15-11-9-12-16-30)27-56-37-20-19-32-25-48-29(3)22-34(32)38(37)41(54)57-26-31-17-13-10-14-18-31/h9-20,22,25,28,33,35-36H,21,23-24,26-27H2,1-8H3,(H,49,52)/t33-,35+,36+/m1/s1. The van der Waals surface area contributed by atoms with Crippen LogP contribution in [0.4, 0.5) is 18.0 Å². The average molecular weight is 807 g/mol. The van der Waals surface area contributed by atoms with Crippen LogP contribution in [0.5, 0.6) is 5.75 Å². The van der Waals surface area contributed by atoms with Crippen LogP contribution >= 0.6 is 0 Å². The van der Waals surface area contributed by atoms with Gasteiger partial charge >= 0.3 is 18.2 Å². The first-order valence-corrected chi connectivity index (χ1v) is 19.1. The molecule has 4 aromatic rings. The van der Waals surface area contributed by atoms with Crippen molar-refractivity contribution in [3.8, 4) is 5.75 Å². The van der Waals surface area contributed by atoms with Gasteiger partial charge in [0.15, 0.2) is 0 Å². The van der Waals surface area contributed by atoms with E-state index in [1.165, 1.54) is 7.05 Å². The number of pyridine rings is 1. The van der Waals surface area contributed by atoms with E-state index in [0.29, 0.717) is 16.5 Å². The summed E-state index contributed by atoms with van der Waals surface area (Å²) in [5, 5.41) is 3.88. The van der Waals surface area contributed by atoms with Gasteiger partial charge in [-0.1, -0.05) is 74.5 Å². The first kappa shape index (κ1) is 45.0. The van der Waals surface area contributed by atoms with Crippen molar-refractivity contribution < 1.29 is 46.6 Å². The number of carbonyl (C=O) groups is 4. The molecule has 0 aliphatic heterocycles. The summed E-state index contributed by atoms with van der Waals surface area (Å²) < 4.78 is 60.0. The number of ether oxygens (including phenoxy) is 3. The number of alkyl halides is 3. The number of halogens is 3. The van der Waals surface area contributed by atoms with Gasteiger partial charge in [0.05, 0.1) is 12.5 Å². The summed E-state index contributed by atoms with van der Waals surface area (Å²) in [4.78, 5) is 61.0. The Labute approximate surface area is 337 Å². The summed E-state index contributed by atoms with van der Waals surface area (Å²) in [7, 11) is 2.46. The van der Waals surface area contributed by atoms with Crippen LogP contribution in [0.3, 0.4) is 0 Å². The second-order valence-electron chi connectivity index (χ2n) is 15.8. The van der Waals surface area contributed by atoms with E-state index in [1.54, 1.807) is 96.3 Å². The van der Waals surface area contributed by atoms with Crippen LogP contribution < -0.4 is 10.1 Å². The van der Waals surface area contributed by atoms with Gasteiger partial charge < -0.3 is 24.4 Å². The molecule has 11 nitrogen and oxygen atoms in total. The van der Waals surface area contributed by atoms with E-state index < -0.39 is 60.2 Å². The monoisotopic (exact) mass is 806 g/mol. The summed E-state index contributed by atoms with van der Waals surface area (Å²) in [5.41, 5.74) is 1.37. The lowest BCUT2D eigenvalue weighted by molar-refractivity contribution is -0.163. The maximum atomic E-state index is 14.2. The Kier molecular flexibility index (Phi) is 15.3. The minimum atomic E-state index is -4.85. The molecule has 0 spiro atoms. The molecule has 3 aromatic carbocycles. The number of amides is 3. The Hall–Kier alpha value is -5.66. The number of benzene rings is 3. The first-order valence-electron chi connectivity index (χ1n) is 19.1. The van der Waals surface area contributed by atoms with Gasteiger partial charge in [0, 0.05) is 36.8 Å². The number of hydrogen-bond acceptors (Lipinski definition) is 8. The highest BCUT2D eigenvalue weighted by Gasteiger charge is 2.42. The SMILES string of the molecule is Cc1cc2c(C(=O)OCc3ccccc3)c(OC[C@@H](Cc3ccccc3)NC(=O)[C@H](CC(F)(F)F)N(C)C(=O)[C@H](CC(C)C)N(C)C(=O)OC(C)(C)C)ccc2cn1. The number of esters is 1. The van der Waals surface area contributed by atoms with Gasteiger partial charge in [-0.05, 0) is 75.8 Å². The minimum absolute atomic E-state index is 0.00925. The minimum Gasteiger partial charge on any atom is -0.491 e. The smallest absolute Gasteiger partial charge is 0.410 e. The van der Waals surface area contributed by atoms with Crippen molar-refractivity contribution in [2.45, 2.75) is 97.3 Å². The van der Waals surface area contributed by atoms with Crippen LogP contribution in [0.2, 0.25) is 0 Å². The third-order valence-corrected chi connectivity index (χ3v) is 9.20. The molecular formula is C44H53F3N4O7. The van der Waals surface area contributed by atoms with Crippen LogP contribution in [0.1, 0.15) is 74.6 Å². The predicted molar refractivity (Wildman–Crippen MR) is 214 cm³/mol. The molecule has 0 saturated carbocycles. The molecule has 0 aliphatic rings. The number of nitrogens with zero attached hydrogens (tertiary/aromatic N) is 3. The van der Waals surface area contributed by atoms with Crippen molar-refractivity contribution in [3.05, 3.63) is 107 Å². The fourth-order valence-corrected chi connectivity index (χ4v) is 6.31. The quantitative estimate of drug-likeness (QED) is 0.113. The Morgan fingerprint density at radius 1 is 0.845 bits per heavy atom. The fourth-order valence-electron chi connectivity index (χ4n) is 6.31. The maximum Gasteiger partial charge on any atom is 0.410 e. The third kappa shape index (κ3) is 13.2. The molecule has 4 rings (SSSR count). The molecule has 0 fully saturated rings. The van der Waals surface area contributed by atoms with Crippen LogP contribution in [0, 0.1) is 12.8 Å². The van der Waals surface area contributed by atoms with Crippen LogP contribution in [0.15, 0.2) is 85.1 Å². The molecule has 3 atom stereocenters. The molecule has 0 unspecified atom stereocenters. The van der Waals surface area contributed by atoms with Crippen molar-refractivity contribution in [2.24, 2.45) is 5.92 Å². The summed E-state index contributed by atoms with van der Waals surface area (Å²) in [6.07, 6.45) is -5.48. The number of nitrogens with one attached hydrogen (secondary N) is 1. The van der Waals surface area contributed by atoms with E-state index in [0.717, 1.165) is 28.0 Å². The Bertz CT molecular complexity index is 2020. The highest BCUT2D eigenvalue weighted by Crippen LogP contribution is 2.31. The van der Waals surface area contributed by atoms with Crippen LogP contribution in [-0.4, -0.2) is 89.3 Å². The fraction of sp³-hybridized carbons (Fsp3) is 0.432. The van der Waals surface area contributed by atoms with Crippen molar-refractivity contribution in [2.75, 3.05) is 20.7 Å². The van der Waals surface area contributed by atoms with Crippen molar-refractivity contribution in [1.82, 2.24) is 20.1 Å². The highest BCUT2D eigenvalue weighted by molar-refractivity contribution is 6.07. The number of likely N-dealkylation sites (N-methyl/N-ethyl adjacent to an activating group) is 2. The van der Waals surface area contributed by atoms with Gasteiger partial charge in [0.1, 0.15) is 42.2 Å². The highest BCUT2D eigenvalue weighted by atomic mass is 19.4. The zero-order valence-electron chi connectivity index (χ0n) is 34.3. The number of carbonyl (C=O) groups excluding carboxylic acids is 4. The summed E-state index contributed by atoms with van der Waals surface area (Å²) in [5.74, 6) is -2.63. The van der Waals surface area contributed by atoms with Crippen molar-refractivity contribution in [1.29, 1.82) is 0 Å². The topological polar surface area (TPSA) is 127 Å². The zero-order valence-corrected chi connectivity index (χ0v) is 34.3. The number of aryl methyl sites for hydroxylation is 1. The Morgan fingerprint density at radius 2 is 1.47 bits per heavy atom. The molecule has 0 aliphatic carbocycles. The molecule has 0 saturated heterocycles. The van der Waals surface area contributed by atoms with Gasteiger partial charge in [-0.2, -0.15) is 13.2 Å². The van der Waals surface area contributed by atoms with E-state index in [9.17, 15) is 32.3 Å². The van der Waals surface area contributed by atoms with Crippen LogP contribution in [0.25, 0.3) is 10.8 Å². The second-order valence-corrected chi connectivity index (χ2v) is 15.8. The lowest BCUT2D eigenvalue weighted by Crippen LogP contribution is -2.57. The molecule has 14 heteroatoms. The molecule has 1 heterocycles. The van der Waals surface area contributed by atoms with Gasteiger partial charge in [-0.15, -0.1) is 0 Å². The zero-order chi connectivity index (χ0) is 42.8. The van der Waals surface area contributed by atoms with Crippen molar-refractivity contribution >= 4 is 34.6 Å². The van der Waals surface area contributed by atoms with E-state index in [-0.39, 0.29) is 43.3 Å². The number of hydrogen-bond donors (Lipinski definition) is 1. The van der Waals surface area contributed by atoms with E-state index in [2.05, 4.69) is 10.3 Å². The molecular weight excluding hydrogens is 753 g/mol. The Morgan fingerprint density at radius 3 is 2.05 bits per heavy atom. The molecule has 0 radical (unpaired) electrons. The first-order chi connectivity index (χ1) is 27.2. The lowest BCUT2D eigenvalue weighted by Gasteiger charge is -2.36. The van der Waals surface area contributed by atoms with Gasteiger partial charge in [-0.3, -0.25) is 19.5 Å². The van der Waals surface area contributed by atoms with Crippen molar-refractivity contribution in [3.63, 3.8) is 0 Å². The molecule has 0 bridgehead atoms. The molecule has 1 N–H and O–H groups in total. The van der Waals surface area contributed by atoms with Gasteiger partial charge in [0.25, 0.3) is 0 Å². The molecule has 312 valence electrons. The maximum absolute atomic E-state index is 14.2. The van der Waals surface area contributed by atoms with E-state index >= 15 is 0 Å². The van der Waals surface area contributed by atoms with Gasteiger partial charge in [-0.25, -0.2) is 9.59 Å². The molecule has 58 heavy (non-hydrogen) atoms.